The molecular weight excluding hydrogens is 361 g/mol. The van der Waals surface area contributed by atoms with Crippen molar-refractivity contribution in [1.82, 2.24) is 0 Å². The Hall–Kier alpha value is 0.806. The zero-order valence-corrected chi connectivity index (χ0v) is 16.5. The third kappa shape index (κ3) is 20.8. The molecule has 0 aliphatic carbocycles. The summed E-state index contributed by atoms with van der Waals surface area (Å²) in [4.78, 5) is 21.7. The van der Waals surface area contributed by atoms with E-state index in [1.165, 1.54) is 0 Å². The van der Waals surface area contributed by atoms with Crippen LogP contribution >= 0.6 is 15.2 Å². The zero-order valence-electron chi connectivity index (χ0n) is 13.7. The van der Waals surface area contributed by atoms with Crippen molar-refractivity contribution < 1.29 is 44.7 Å². The van der Waals surface area contributed by atoms with Gasteiger partial charge in [-0.25, -0.2) is 0 Å². The Bertz CT molecular complexity index is 304. The van der Waals surface area contributed by atoms with E-state index in [9.17, 15) is 18.9 Å². The first-order valence-corrected chi connectivity index (χ1v) is 10.4. The minimum absolute atomic E-state index is 0. The summed E-state index contributed by atoms with van der Waals surface area (Å²) in [5.41, 5.74) is 0. The van der Waals surface area contributed by atoms with Crippen LogP contribution in [0.2, 0.25) is 0 Å². The Kier molecular flexibility index (Phi) is 16.9. The molecule has 2 atom stereocenters. The van der Waals surface area contributed by atoms with Crippen LogP contribution in [-0.4, -0.2) is 24.5 Å². The van der Waals surface area contributed by atoms with E-state index in [1.54, 1.807) is 27.7 Å². The predicted octanol–water partition coefficient (Wildman–Crippen LogP) is 2.75. The second kappa shape index (κ2) is 13.3. The fourth-order valence-corrected chi connectivity index (χ4v) is 3.89. The van der Waals surface area contributed by atoms with Crippen LogP contribution in [0.5, 0.6) is 0 Å². The van der Waals surface area contributed by atoms with Crippen molar-refractivity contribution in [3.8, 4) is 0 Å². The fourth-order valence-electron chi connectivity index (χ4n) is 1.30. The summed E-state index contributed by atoms with van der Waals surface area (Å²) in [6.07, 6.45) is 1.07. The van der Waals surface area contributed by atoms with Gasteiger partial charge >= 0.3 is 16.8 Å². The third-order valence-electron chi connectivity index (χ3n) is 1.74. The topological polar surface area (TPSA) is 98.7 Å². The molecule has 0 fully saturated rings. The molecule has 1 radical (unpaired) electrons. The first-order valence-electron chi connectivity index (χ1n) is 6.92. The minimum Gasteiger partial charge on any atom is -0.778 e. The van der Waals surface area contributed by atoms with Crippen molar-refractivity contribution in [3.05, 3.63) is 0 Å². The summed E-state index contributed by atoms with van der Waals surface area (Å²) in [6.45, 7) is 10.5. The maximum atomic E-state index is 10.8. The molecule has 0 rings (SSSR count). The van der Waals surface area contributed by atoms with Gasteiger partial charge in [-0.3, -0.25) is 0 Å². The van der Waals surface area contributed by atoms with Gasteiger partial charge in [0.1, 0.15) is 15.2 Å². The van der Waals surface area contributed by atoms with Gasteiger partial charge in [-0.2, -0.15) is 0 Å². The van der Waals surface area contributed by atoms with Crippen LogP contribution in [0.1, 0.15) is 54.4 Å². The van der Waals surface area contributed by atoms with Crippen molar-refractivity contribution in [2.45, 2.75) is 66.6 Å². The zero-order chi connectivity index (χ0) is 16.4. The molecule has 131 valence electrons. The van der Waals surface area contributed by atoms with E-state index in [4.69, 9.17) is 0 Å². The molecule has 0 aliphatic heterocycles. The Morgan fingerprint density at radius 3 is 1.19 bits per heavy atom. The molecule has 0 N–H and O–H groups in total. The smallest absolute Gasteiger partial charge is 0.778 e. The van der Waals surface area contributed by atoms with Crippen LogP contribution in [-0.2, 0) is 35.0 Å². The van der Waals surface area contributed by atoms with Gasteiger partial charge in [0, 0.05) is 12.3 Å². The van der Waals surface area contributed by atoms with E-state index in [2.05, 4.69) is 9.05 Å². The largest absolute Gasteiger partial charge is 2.00 e. The van der Waals surface area contributed by atoms with Gasteiger partial charge in [0.2, 0.25) is 0 Å². The van der Waals surface area contributed by atoms with E-state index in [1.807, 2.05) is 13.8 Å². The molecule has 0 bridgehead atoms. The summed E-state index contributed by atoms with van der Waals surface area (Å²) in [6, 6.07) is 0. The van der Waals surface area contributed by atoms with Gasteiger partial charge in [-0.05, 0) is 40.5 Å². The molecule has 0 saturated carbocycles. The summed E-state index contributed by atoms with van der Waals surface area (Å²) in [7, 11) is -7.00. The Morgan fingerprint density at radius 2 is 1.05 bits per heavy atom. The molecule has 6 nitrogen and oxygen atoms in total. The van der Waals surface area contributed by atoms with Gasteiger partial charge in [-0.1, -0.05) is 13.8 Å². The standard InChI is InChI=1S/2C6H15O3P.Co/c2*1-4-5-10(7,8)9-6(2)3;/h2*6H,4-5H2,1-3H3,(H,7,8);/q;;+2/p-2. The summed E-state index contributed by atoms with van der Waals surface area (Å²) in [5, 5.41) is 0. The van der Waals surface area contributed by atoms with E-state index in [0.717, 1.165) is 0 Å². The quantitative estimate of drug-likeness (QED) is 0.592. The second-order valence-corrected chi connectivity index (χ2v) is 8.74. The van der Waals surface area contributed by atoms with Crippen molar-refractivity contribution in [2.75, 3.05) is 12.3 Å². The normalized spacial score (nSPS) is 16.5. The average molecular weight is 389 g/mol. The van der Waals surface area contributed by atoms with Crippen LogP contribution < -0.4 is 9.79 Å². The van der Waals surface area contributed by atoms with E-state index in [-0.39, 0.29) is 41.3 Å². The Labute approximate surface area is 139 Å². The molecule has 0 saturated heterocycles. The predicted molar refractivity (Wildman–Crippen MR) is 78.0 cm³/mol. The van der Waals surface area contributed by atoms with Gasteiger partial charge in [0.15, 0.2) is 0 Å². The summed E-state index contributed by atoms with van der Waals surface area (Å²) in [5.74, 6) is 0. The molecule has 0 heterocycles. The Balaban J connectivity index is -0.000000295. The molecule has 0 aliphatic rings. The van der Waals surface area contributed by atoms with Crippen molar-refractivity contribution in [1.29, 1.82) is 0 Å². The molecular formula is C12H28CoO6P2. The molecule has 0 amide bonds. The molecule has 0 aromatic carbocycles. The van der Waals surface area contributed by atoms with Crippen molar-refractivity contribution >= 4 is 15.2 Å². The van der Waals surface area contributed by atoms with Crippen molar-refractivity contribution in [2.24, 2.45) is 0 Å². The Morgan fingerprint density at radius 1 is 0.810 bits per heavy atom. The van der Waals surface area contributed by atoms with Crippen molar-refractivity contribution in [3.63, 3.8) is 0 Å². The maximum absolute atomic E-state index is 10.8. The molecule has 9 heteroatoms. The first kappa shape index (κ1) is 26.7. The van der Waals surface area contributed by atoms with Gasteiger partial charge in [0.05, 0.1) is 12.2 Å². The van der Waals surface area contributed by atoms with E-state index >= 15 is 0 Å². The van der Waals surface area contributed by atoms with Gasteiger partial charge in [0.25, 0.3) is 0 Å². The monoisotopic (exact) mass is 389 g/mol. The maximum Gasteiger partial charge on any atom is 2.00 e. The van der Waals surface area contributed by atoms with Gasteiger partial charge in [-0.15, -0.1) is 0 Å². The molecule has 21 heavy (non-hydrogen) atoms. The van der Waals surface area contributed by atoms with Crippen LogP contribution in [0.15, 0.2) is 0 Å². The fraction of sp³-hybridized carbons (Fsp3) is 1.00. The molecule has 0 aromatic heterocycles. The summed E-state index contributed by atoms with van der Waals surface area (Å²) < 4.78 is 31.0. The number of rotatable bonds is 8. The SMILES string of the molecule is CCCP(=O)([O-])OC(C)C.CCCP(=O)([O-])OC(C)C.[Co+2]. The number of hydrogen-bond donors (Lipinski definition) is 0. The molecule has 2 unspecified atom stereocenters. The van der Waals surface area contributed by atoms with Gasteiger partial charge < -0.3 is 28.0 Å². The van der Waals surface area contributed by atoms with Crippen LogP contribution in [0.3, 0.4) is 0 Å². The molecule has 0 aromatic rings. The summed E-state index contributed by atoms with van der Waals surface area (Å²) >= 11 is 0. The third-order valence-corrected chi connectivity index (χ3v) is 5.21. The minimum atomic E-state index is -3.50. The van der Waals surface area contributed by atoms with Crippen LogP contribution in [0, 0.1) is 0 Å². The molecule has 0 spiro atoms. The average Bonchev–Trinajstić information content (AvgIpc) is 2.12. The van der Waals surface area contributed by atoms with E-state index in [0.29, 0.717) is 12.8 Å². The number of hydrogen-bond acceptors (Lipinski definition) is 6. The second-order valence-electron chi connectivity index (χ2n) is 4.98. The first-order chi connectivity index (χ1) is 8.95. The van der Waals surface area contributed by atoms with Crippen LogP contribution in [0.25, 0.3) is 0 Å². The van der Waals surface area contributed by atoms with Crippen LogP contribution in [0.4, 0.5) is 0 Å². The van der Waals surface area contributed by atoms with E-state index < -0.39 is 15.2 Å².